The van der Waals surface area contributed by atoms with Crippen molar-refractivity contribution in [2.45, 2.75) is 19.4 Å². The summed E-state index contributed by atoms with van der Waals surface area (Å²) >= 11 is 1.17. The van der Waals surface area contributed by atoms with Crippen molar-refractivity contribution in [3.8, 4) is 5.75 Å². The molecule has 1 heterocycles. The maximum absolute atomic E-state index is 10.7. The van der Waals surface area contributed by atoms with E-state index in [4.69, 9.17) is 9.84 Å². The third kappa shape index (κ3) is 2.60. The van der Waals surface area contributed by atoms with E-state index in [0.717, 1.165) is 0 Å². The highest BCUT2D eigenvalue weighted by Gasteiger charge is 2.14. The van der Waals surface area contributed by atoms with Gasteiger partial charge in [0.1, 0.15) is 5.75 Å². The third-order valence-corrected chi connectivity index (χ3v) is 2.53. The van der Waals surface area contributed by atoms with Gasteiger partial charge in [-0.3, -0.25) is 0 Å². The molecule has 0 aliphatic rings. The van der Waals surface area contributed by atoms with Crippen LogP contribution in [0.25, 0.3) is 0 Å². The molecular formula is C10H12O3S. The molecular weight excluding hydrogens is 200 g/mol. The minimum absolute atomic E-state index is 0.0415. The van der Waals surface area contributed by atoms with Crippen molar-refractivity contribution in [2.75, 3.05) is 0 Å². The van der Waals surface area contributed by atoms with Gasteiger partial charge in [-0.2, -0.15) is 0 Å². The molecule has 1 rings (SSSR count). The Balaban J connectivity index is 2.70. The number of ether oxygens (including phenoxy) is 1. The summed E-state index contributed by atoms with van der Waals surface area (Å²) < 4.78 is 5.45. The highest BCUT2D eigenvalue weighted by molar-refractivity contribution is 7.12. The predicted octanol–water partition coefficient (Wildman–Crippen LogP) is 2.79. The van der Waals surface area contributed by atoms with Crippen LogP contribution in [-0.4, -0.2) is 17.2 Å². The summed E-state index contributed by atoms with van der Waals surface area (Å²) in [7, 11) is 0. The number of hydrogen-bond acceptors (Lipinski definition) is 3. The highest BCUT2D eigenvalue weighted by atomic mass is 32.1. The first-order valence-corrected chi connectivity index (χ1v) is 5.11. The summed E-state index contributed by atoms with van der Waals surface area (Å²) in [6.45, 7) is 5.47. The molecule has 0 fully saturated rings. The second kappa shape index (κ2) is 4.81. The van der Waals surface area contributed by atoms with Crippen molar-refractivity contribution >= 4 is 17.3 Å². The molecule has 0 bridgehead atoms. The molecule has 0 saturated heterocycles. The third-order valence-electron chi connectivity index (χ3n) is 1.65. The van der Waals surface area contributed by atoms with Gasteiger partial charge in [0.15, 0.2) is 4.88 Å². The maximum atomic E-state index is 10.7. The second-order valence-electron chi connectivity index (χ2n) is 2.87. The summed E-state index contributed by atoms with van der Waals surface area (Å²) in [6, 6.07) is 1.67. The zero-order chi connectivity index (χ0) is 10.6. The van der Waals surface area contributed by atoms with Crippen molar-refractivity contribution < 1.29 is 14.6 Å². The molecule has 1 aromatic rings. The number of carbonyl (C=O) groups is 1. The topological polar surface area (TPSA) is 46.5 Å². The second-order valence-corrected chi connectivity index (χ2v) is 3.79. The fraction of sp³-hybridized carbons (Fsp3) is 0.300. The van der Waals surface area contributed by atoms with Crippen molar-refractivity contribution in [1.82, 2.24) is 0 Å². The smallest absolute Gasteiger partial charge is 0.349 e. The Labute approximate surface area is 86.6 Å². The maximum Gasteiger partial charge on any atom is 0.349 e. The molecule has 3 nitrogen and oxygen atoms in total. The van der Waals surface area contributed by atoms with Crippen molar-refractivity contribution in [2.24, 2.45) is 0 Å². The monoisotopic (exact) mass is 212 g/mol. The molecule has 4 heteroatoms. The largest absolute Gasteiger partial charge is 0.489 e. The molecule has 14 heavy (non-hydrogen) atoms. The molecule has 0 aliphatic carbocycles. The molecule has 0 saturated carbocycles. The van der Waals surface area contributed by atoms with Crippen LogP contribution in [-0.2, 0) is 0 Å². The number of rotatable bonds is 5. The van der Waals surface area contributed by atoms with Crippen molar-refractivity contribution in [1.29, 1.82) is 0 Å². The minimum Gasteiger partial charge on any atom is -0.489 e. The van der Waals surface area contributed by atoms with Crippen LogP contribution in [0.4, 0.5) is 0 Å². The Morgan fingerprint density at radius 1 is 1.86 bits per heavy atom. The van der Waals surface area contributed by atoms with Gasteiger partial charge in [-0.1, -0.05) is 6.08 Å². The first kappa shape index (κ1) is 10.8. The number of aromatic carboxylic acids is 1. The predicted molar refractivity (Wildman–Crippen MR) is 56.2 cm³/mol. The average molecular weight is 212 g/mol. The summed E-state index contributed by atoms with van der Waals surface area (Å²) in [5.74, 6) is -0.502. The van der Waals surface area contributed by atoms with Gasteiger partial charge < -0.3 is 9.84 Å². The number of hydrogen-bond donors (Lipinski definition) is 1. The average Bonchev–Trinajstić information content (AvgIpc) is 2.52. The molecule has 0 spiro atoms. The van der Waals surface area contributed by atoms with Gasteiger partial charge in [-0.15, -0.1) is 17.9 Å². The Morgan fingerprint density at radius 3 is 3.14 bits per heavy atom. The van der Waals surface area contributed by atoms with Crippen molar-refractivity contribution in [3.05, 3.63) is 29.0 Å². The molecule has 0 unspecified atom stereocenters. The molecule has 0 aromatic carbocycles. The van der Waals surface area contributed by atoms with E-state index < -0.39 is 5.97 Å². The van der Waals surface area contributed by atoms with Gasteiger partial charge in [-0.05, 0) is 18.4 Å². The van der Waals surface area contributed by atoms with E-state index in [1.165, 1.54) is 11.3 Å². The summed E-state index contributed by atoms with van der Waals surface area (Å²) in [4.78, 5) is 11.0. The summed E-state index contributed by atoms with van der Waals surface area (Å²) in [5, 5.41) is 10.5. The number of carboxylic acid groups (broad SMARTS) is 1. The van der Waals surface area contributed by atoms with E-state index in [1.54, 1.807) is 17.5 Å². The first-order chi connectivity index (χ1) is 6.65. The molecule has 1 N–H and O–H groups in total. The van der Waals surface area contributed by atoms with Crippen LogP contribution in [0.3, 0.4) is 0 Å². The SMILES string of the molecule is C=CC[C@H](C)Oc1ccsc1C(=O)O. The van der Waals surface area contributed by atoms with E-state index in [0.29, 0.717) is 12.2 Å². The van der Waals surface area contributed by atoms with E-state index >= 15 is 0 Å². The van der Waals surface area contributed by atoms with Gasteiger partial charge in [0, 0.05) is 6.42 Å². The lowest BCUT2D eigenvalue weighted by Gasteiger charge is -2.11. The van der Waals surface area contributed by atoms with Crippen molar-refractivity contribution in [3.63, 3.8) is 0 Å². The Morgan fingerprint density at radius 2 is 2.57 bits per heavy atom. The Kier molecular flexibility index (Phi) is 3.71. The van der Waals surface area contributed by atoms with Crippen LogP contribution in [0.2, 0.25) is 0 Å². The van der Waals surface area contributed by atoms with Gasteiger partial charge in [0.2, 0.25) is 0 Å². The fourth-order valence-corrected chi connectivity index (χ4v) is 1.71. The normalized spacial score (nSPS) is 12.1. The van der Waals surface area contributed by atoms with Crippen LogP contribution < -0.4 is 4.74 Å². The molecule has 0 aliphatic heterocycles. The van der Waals surface area contributed by atoms with Gasteiger partial charge in [-0.25, -0.2) is 4.79 Å². The Hall–Kier alpha value is -1.29. The van der Waals surface area contributed by atoms with Crippen LogP contribution in [0.5, 0.6) is 5.75 Å². The van der Waals surface area contributed by atoms with Gasteiger partial charge >= 0.3 is 5.97 Å². The molecule has 1 atom stereocenters. The first-order valence-electron chi connectivity index (χ1n) is 4.23. The standard InChI is InChI=1S/C10H12O3S/c1-3-4-7(2)13-8-5-6-14-9(8)10(11)12/h3,5-7H,1,4H2,2H3,(H,11,12)/t7-/m0/s1. The van der Waals surface area contributed by atoms with Crippen LogP contribution in [0, 0.1) is 0 Å². The van der Waals surface area contributed by atoms with Crippen LogP contribution in [0.15, 0.2) is 24.1 Å². The summed E-state index contributed by atoms with van der Waals surface area (Å²) in [6.07, 6.45) is 2.41. The van der Waals surface area contributed by atoms with Gasteiger partial charge in [0.25, 0.3) is 0 Å². The zero-order valence-corrected chi connectivity index (χ0v) is 8.71. The highest BCUT2D eigenvalue weighted by Crippen LogP contribution is 2.26. The zero-order valence-electron chi connectivity index (χ0n) is 7.90. The molecule has 76 valence electrons. The number of thiophene rings is 1. The summed E-state index contributed by atoms with van der Waals surface area (Å²) in [5.41, 5.74) is 0. The van der Waals surface area contributed by atoms with Gasteiger partial charge in [0.05, 0.1) is 6.10 Å². The molecule has 0 amide bonds. The van der Waals surface area contributed by atoms with E-state index in [2.05, 4.69) is 6.58 Å². The lowest BCUT2D eigenvalue weighted by molar-refractivity contribution is 0.0696. The minimum atomic E-state index is -0.944. The lowest BCUT2D eigenvalue weighted by atomic mass is 10.3. The van der Waals surface area contributed by atoms with E-state index in [1.807, 2.05) is 6.92 Å². The van der Waals surface area contributed by atoms with Crippen LogP contribution in [0.1, 0.15) is 23.0 Å². The molecule has 1 aromatic heterocycles. The lowest BCUT2D eigenvalue weighted by Crippen LogP contribution is -2.11. The number of carboxylic acids is 1. The van der Waals surface area contributed by atoms with E-state index in [9.17, 15) is 4.79 Å². The van der Waals surface area contributed by atoms with E-state index in [-0.39, 0.29) is 11.0 Å². The van der Waals surface area contributed by atoms with Crippen LogP contribution >= 0.6 is 11.3 Å². The fourth-order valence-electron chi connectivity index (χ4n) is 1.05. The molecule has 0 radical (unpaired) electrons. The Bertz CT molecular complexity index is 330. The quantitative estimate of drug-likeness (QED) is 0.763.